The zero-order valence-corrected chi connectivity index (χ0v) is 28.5. The molecule has 0 radical (unpaired) electrons. The van der Waals surface area contributed by atoms with Crippen molar-refractivity contribution in [2.24, 2.45) is 0 Å². The van der Waals surface area contributed by atoms with Crippen LogP contribution in [0.1, 0.15) is 11.1 Å². The van der Waals surface area contributed by atoms with Gasteiger partial charge in [0.15, 0.2) is 0 Å². The summed E-state index contributed by atoms with van der Waals surface area (Å²) in [7, 11) is 0. The van der Waals surface area contributed by atoms with Gasteiger partial charge in [0, 0.05) is 34.1 Å². The van der Waals surface area contributed by atoms with Crippen molar-refractivity contribution in [1.29, 1.82) is 0 Å². The van der Waals surface area contributed by atoms with E-state index in [0.717, 1.165) is 80.2 Å². The summed E-state index contributed by atoms with van der Waals surface area (Å²) in [5.41, 5.74) is 8.73. The summed E-state index contributed by atoms with van der Waals surface area (Å²) in [5, 5.41) is 0. The molecule has 0 N–H and O–H groups in total. The monoisotopic (exact) mass is 720 g/mol. The summed E-state index contributed by atoms with van der Waals surface area (Å²) < 4.78 is 82.7. The van der Waals surface area contributed by atoms with E-state index in [1.807, 2.05) is 109 Å². The molecular formula is C44H28B2F6N2. The Morgan fingerprint density at radius 1 is 0.333 bits per heavy atom. The molecule has 0 fully saturated rings. The van der Waals surface area contributed by atoms with Crippen LogP contribution in [0, 0.1) is 0 Å². The molecule has 54 heavy (non-hydrogen) atoms. The van der Waals surface area contributed by atoms with Gasteiger partial charge in [-0.1, -0.05) is 138 Å². The van der Waals surface area contributed by atoms with Crippen LogP contribution >= 0.6 is 0 Å². The van der Waals surface area contributed by atoms with Crippen LogP contribution in [0.25, 0.3) is 0 Å². The fourth-order valence-electron chi connectivity index (χ4n) is 8.08. The van der Waals surface area contributed by atoms with Gasteiger partial charge >= 0.3 is 12.4 Å². The molecule has 0 unspecified atom stereocenters. The first-order valence-corrected chi connectivity index (χ1v) is 17.5. The molecule has 0 saturated heterocycles. The zero-order valence-electron chi connectivity index (χ0n) is 28.5. The molecule has 0 saturated carbocycles. The van der Waals surface area contributed by atoms with E-state index in [-0.39, 0.29) is 0 Å². The molecule has 7 aromatic carbocycles. The predicted molar refractivity (Wildman–Crippen MR) is 208 cm³/mol. The maximum Gasteiger partial charge on any atom is 0.416 e. The van der Waals surface area contributed by atoms with Gasteiger partial charge in [-0.15, -0.1) is 0 Å². The maximum atomic E-state index is 13.8. The van der Waals surface area contributed by atoms with Crippen LogP contribution in [0.5, 0.6) is 0 Å². The van der Waals surface area contributed by atoms with Crippen LogP contribution in [-0.2, 0) is 12.4 Å². The van der Waals surface area contributed by atoms with Crippen molar-refractivity contribution >= 4 is 80.3 Å². The smallest absolute Gasteiger partial charge is 0.311 e. The minimum atomic E-state index is -4.49. The van der Waals surface area contributed by atoms with E-state index < -0.39 is 36.9 Å². The fraction of sp³-hybridized carbons (Fsp3) is 0.0455. The molecule has 262 valence electrons. The lowest BCUT2D eigenvalue weighted by molar-refractivity contribution is -0.138. The third-order valence-corrected chi connectivity index (χ3v) is 10.4. The number of rotatable bonds is 4. The van der Waals surface area contributed by atoms with E-state index >= 15 is 0 Å². The lowest BCUT2D eigenvalue weighted by Crippen LogP contribution is -2.62. The lowest BCUT2D eigenvalue weighted by atomic mass is 9.31. The average Bonchev–Trinajstić information content (AvgIpc) is 3.18. The van der Waals surface area contributed by atoms with Crippen LogP contribution in [0.2, 0.25) is 0 Å². The summed E-state index contributed by atoms with van der Waals surface area (Å²) in [6.45, 7) is -0.918. The van der Waals surface area contributed by atoms with E-state index in [2.05, 4.69) is 21.9 Å². The van der Waals surface area contributed by atoms with E-state index in [4.69, 9.17) is 0 Å². The van der Waals surface area contributed by atoms with Crippen molar-refractivity contribution in [2.75, 3.05) is 9.80 Å². The molecule has 10 heteroatoms. The molecule has 0 spiro atoms. The summed E-state index contributed by atoms with van der Waals surface area (Å²) >= 11 is 0. The van der Waals surface area contributed by atoms with Gasteiger partial charge in [-0.25, -0.2) is 0 Å². The van der Waals surface area contributed by atoms with Gasteiger partial charge < -0.3 is 9.80 Å². The van der Waals surface area contributed by atoms with Gasteiger partial charge in [-0.05, 0) is 64.3 Å². The fourth-order valence-corrected chi connectivity index (χ4v) is 8.08. The van der Waals surface area contributed by atoms with Crippen LogP contribution in [0.15, 0.2) is 170 Å². The highest BCUT2D eigenvalue weighted by molar-refractivity contribution is 7.00. The molecule has 2 aliphatic heterocycles. The summed E-state index contributed by atoms with van der Waals surface area (Å²) in [5.74, 6) is 0. The summed E-state index contributed by atoms with van der Waals surface area (Å²) in [6.07, 6.45) is -8.99. The number of para-hydroxylation sites is 4. The van der Waals surface area contributed by atoms with Gasteiger partial charge in [0.1, 0.15) is 0 Å². The normalized spacial score (nSPS) is 13.6. The number of fused-ring (bicyclic) bond motifs is 4. The molecule has 0 bridgehead atoms. The second-order valence-electron chi connectivity index (χ2n) is 13.5. The van der Waals surface area contributed by atoms with Crippen molar-refractivity contribution in [2.45, 2.75) is 12.4 Å². The number of hydrogen-bond acceptors (Lipinski definition) is 2. The van der Waals surface area contributed by atoms with E-state index in [1.165, 1.54) is 0 Å². The van der Waals surface area contributed by atoms with Crippen LogP contribution in [-0.4, -0.2) is 13.4 Å². The Bertz CT molecular complexity index is 2310. The van der Waals surface area contributed by atoms with Crippen molar-refractivity contribution < 1.29 is 26.3 Å². The minimum absolute atomic E-state index is 0.459. The first kappa shape index (κ1) is 33.7. The Labute approximate surface area is 309 Å². The topological polar surface area (TPSA) is 6.48 Å². The zero-order chi connectivity index (χ0) is 37.2. The maximum absolute atomic E-state index is 13.8. The molecule has 2 aliphatic rings. The first-order chi connectivity index (χ1) is 26.1. The van der Waals surface area contributed by atoms with Crippen molar-refractivity contribution in [3.8, 4) is 0 Å². The first-order valence-electron chi connectivity index (χ1n) is 17.5. The Balaban J connectivity index is 1.36. The van der Waals surface area contributed by atoms with Crippen molar-refractivity contribution in [3.63, 3.8) is 0 Å². The van der Waals surface area contributed by atoms with E-state index in [0.29, 0.717) is 10.9 Å². The number of alkyl halides is 6. The molecule has 0 amide bonds. The number of halogens is 6. The summed E-state index contributed by atoms with van der Waals surface area (Å²) in [6, 6.07) is 50.6. The standard InChI is InChI=1S/C44H28B2F6N2/c47-43(48,49)29-19-23-31(24-20-29)45-35-15-7-9-17-39(35)53(33-11-3-1-4-12-33)41-28-42-38(27-37(41)45)46(32-25-21-30(22-26-32)44(50,51)52)36-16-8-10-18-40(36)54(42)34-13-5-2-6-14-34/h1-28H. The molecule has 2 nitrogen and oxygen atoms in total. The number of anilines is 6. The van der Waals surface area contributed by atoms with Gasteiger partial charge in [-0.2, -0.15) is 26.3 Å². The Morgan fingerprint density at radius 2 is 0.685 bits per heavy atom. The van der Waals surface area contributed by atoms with Gasteiger partial charge in [0.05, 0.1) is 11.1 Å². The van der Waals surface area contributed by atoms with Crippen LogP contribution in [0.3, 0.4) is 0 Å². The molecular weight excluding hydrogens is 692 g/mol. The highest BCUT2D eigenvalue weighted by Crippen LogP contribution is 2.42. The second-order valence-corrected chi connectivity index (χ2v) is 13.5. The van der Waals surface area contributed by atoms with E-state index in [9.17, 15) is 26.3 Å². The van der Waals surface area contributed by atoms with Crippen LogP contribution in [0.4, 0.5) is 60.5 Å². The Morgan fingerprint density at radius 3 is 1.06 bits per heavy atom. The molecule has 0 aliphatic carbocycles. The molecule has 0 aromatic heterocycles. The molecule has 0 atom stereocenters. The largest absolute Gasteiger partial charge is 0.416 e. The van der Waals surface area contributed by atoms with Gasteiger partial charge in [0.2, 0.25) is 13.4 Å². The third-order valence-electron chi connectivity index (χ3n) is 10.4. The Hall–Kier alpha value is -6.15. The predicted octanol–water partition coefficient (Wildman–Crippen LogP) is 8.32. The molecule has 2 heterocycles. The number of benzene rings is 7. The minimum Gasteiger partial charge on any atom is -0.311 e. The van der Waals surface area contributed by atoms with Gasteiger partial charge in [-0.3, -0.25) is 0 Å². The number of nitrogens with zero attached hydrogens (tertiary/aromatic N) is 2. The Kier molecular flexibility index (Phi) is 7.96. The van der Waals surface area contributed by atoms with Crippen molar-refractivity contribution in [1.82, 2.24) is 0 Å². The number of hydrogen-bond donors (Lipinski definition) is 0. The average molecular weight is 720 g/mol. The SMILES string of the molecule is FC(F)(F)c1ccc(B2c3ccccc3N(c3ccccc3)c3cc4c(cc32)B(c2ccc(C(F)(F)F)cc2)c2ccccc2N4c2ccccc2)cc1. The summed E-state index contributed by atoms with van der Waals surface area (Å²) in [4.78, 5) is 4.37. The van der Waals surface area contributed by atoms with E-state index in [1.54, 1.807) is 24.3 Å². The third kappa shape index (κ3) is 5.64. The highest BCUT2D eigenvalue weighted by Gasteiger charge is 2.42. The van der Waals surface area contributed by atoms with Gasteiger partial charge in [0.25, 0.3) is 0 Å². The van der Waals surface area contributed by atoms with Crippen LogP contribution < -0.4 is 42.6 Å². The lowest BCUT2D eigenvalue weighted by Gasteiger charge is -2.42. The highest BCUT2D eigenvalue weighted by atomic mass is 19.4. The second kappa shape index (κ2) is 12.8. The molecule has 7 aromatic rings. The molecule has 9 rings (SSSR count). The quantitative estimate of drug-likeness (QED) is 0.133. The van der Waals surface area contributed by atoms with Crippen molar-refractivity contribution in [3.05, 3.63) is 181 Å².